The quantitative estimate of drug-likeness (QED) is 0.245. The number of imidazole rings is 1. The van der Waals surface area contributed by atoms with Crippen LogP contribution in [0.15, 0.2) is 18.2 Å². The van der Waals surface area contributed by atoms with Gasteiger partial charge in [0.1, 0.15) is 11.9 Å². The van der Waals surface area contributed by atoms with Gasteiger partial charge in [0.25, 0.3) is 0 Å². The predicted molar refractivity (Wildman–Crippen MR) is 158 cm³/mol. The van der Waals surface area contributed by atoms with E-state index in [-0.39, 0.29) is 42.7 Å². The molecule has 0 unspecified atom stereocenters. The second-order valence-corrected chi connectivity index (χ2v) is 10.2. The monoisotopic (exact) mass is 599 g/mol. The number of nitrogens with one attached hydrogen (secondary N) is 1. The van der Waals surface area contributed by atoms with Gasteiger partial charge < -0.3 is 25.3 Å². The Bertz CT molecular complexity index is 981. The van der Waals surface area contributed by atoms with Crippen LogP contribution >= 0.6 is 48.0 Å². The molecule has 0 radical (unpaired) electrons. The number of carbonyl (C=O) groups excluding carboxylic acids is 2. The third-order valence-corrected chi connectivity index (χ3v) is 6.04. The van der Waals surface area contributed by atoms with Crippen LogP contribution < -0.4 is 16.0 Å². The van der Waals surface area contributed by atoms with Gasteiger partial charge in [-0.1, -0.05) is 13.8 Å². The molecule has 0 saturated heterocycles. The summed E-state index contributed by atoms with van der Waals surface area (Å²) in [5.41, 5.74) is 9.06. The number of carbonyl (C=O) groups is 2. The molecule has 8 nitrogen and oxygen atoms in total. The SMILES string of the molecule is CC(C)C[C@H](NC(=O)[C@@H](N)CCc1nc2cc(N(CCCl)CCCl)ccc2n1C)C(=O)OC(C)C.Cl.Cl. The van der Waals surface area contributed by atoms with Gasteiger partial charge in [-0.3, -0.25) is 4.79 Å². The largest absolute Gasteiger partial charge is 0.461 e. The normalized spacial score (nSPS) is 12.6. The molecule has 2 aromatic rings. The summed E-state index contributed by atoms with van der Waals surface area (Å²) in [5, 5.41) is 2.78. The maximum Gasteiger partial charge on any atom is 0.328 e. The van der Waals surface area contributed by atoms with E-state index >= 15 is 0 Å². The highest BCUT2D eigenvalue weighted by Gasteiger charge is 2.26. The van der Waals surface area contributed by atoms with Crippen molar-refractivity contribution in [3.05, 3.63) is 24.0 Å². The fourth-order valence-corrected chi connectivity index (χ4v) is 4.33. The van der Waals surface area contributed by atoms with Gasteiger partial charge >= 0.3 is 5.97 Å². The van der Waals surface area contributed by atoms with Crippen LogP contribution in [0.3, 0.4) is 0 Å². The third kappa shape index (κ3) is 10.7. The number of nitrogens with two attached hydrogens (primary N) is 1. The van der Waals surface area contributed by atoms with Crippen LogP contribution in [0.25, 0.3) is 11.0 Å². The number of aryl methyl sites for hydroxylation is 2. The van der Waals surface area contributed by atoms with Gasteiger partial charge in [0.05, 0.1) is 23.2 Å². The summed E-state index contributed by atoms with van der Waals surface area (Å²) in [6, 6.07) is 4.61. The average Bonchev–Trinajstić information content (AvgIpc) is 3.10. The van der Waals surface area contributed by atoms with E-state index in [9.17, 15) is 9.59 Å². The van der Waals surface area contributed by atoms with Crippen molar-refractivity contribution in [3.8, 4) is 0 Å². The second kappa shape index (κ2) is 17.2. The molecule has 0 aliphatic rings. The molecule has 0 aliphatic heterocycles. The van der Waals surface area contributed by atoms with Crippen molar-refractivity contribution >= 4 is 76.6 Å². The number of hydrogen-bond donors (Lipinski definition) is 2. The molecule has 12 heteroatoms. The van der Waals surface area contributed by atoms with E-state index in [1.807, 2.05) is 43.7 Å². The third-order valence-electron chi connectivity index (χ3n) is 5.71. The Hall–Kier alpha value is -1.45. The van der Waals surface area contributed by atoms with E-state index < -0.39 is 18.1 Å². The molecular weight excluding hydrogens is 560 g/mol. The van der Waals surface area contributed by atoms with Crippen molar-refractivity contribution in [2.45, 2.75) is 65.1 Å². The van der Waals surface area contributed by atoms with Gasteiger partial charge in [0.2, 0.25) is 5.91 Å². The Kier molecular flexibility index (Phi) is 16.5. The number of hydrogen-bond acceptors (Lipinski definition) is 6. The van der Waals surface area contributed by atoms with Gasteiger partial charge in [-0.2, -0.15) is 0 Å². The van der Waals surface area contributed by atoms with Crippen molar-refractivity contribution in [2.24, 2.45) is 18.7 Å². The van der Waals surface area contributed by atoms with Crippen molar-refractivity contribution in [1.29, 1.82) is 0 Å². The molecule has 2 rings (SSSR count). The Morgan fingerprint density at radius 3 is 2.30 bits per heavy atom. The molecule has 0 spiro atoms. The summed E-state index contributed by atoms with van der Waals surface area (Å²) < 4.78 is 7.32. The summed E-state index contributed by atoms with van der Waals surface area (Å²) in [5.74, 6) is 1.27. The zero-order chi connectivity index (χ0) is 26.1. The van der Waals surface area contributed by atoms with Gasteiger partial charge in [-0.15, -0.1) is 48.0 Å². The Morgan fingerprint density at radius 2 is 1.76 bits per heavy atom. The van der Waals surface area contributed by atoms with Crippen LogP contribution in [0, 0.1) is 5.92 Å². The summed E-state index contributed by atoms with van der Waals surface area (Å²) in [6.45, 7) is 8.95. The minimum atomic E-state index is -0.769. The van der Waals surface area contributed by atoms with Crippen LogP contribution in [0.2, 0.25) is 0 Å². The number of nitrogens with zero attached hydrogens (tertiary/aromatic N) is 3. The second-order valence-electron chi connectivity index (χ2n) is 9.45. The zero-order valence-corrected chi connectivity index (χ0v) is 25.4. The highest BCUT2D eigenvalue weighted by molar-refractivity contribution is 6.18. The molecule has 0 fully saturated rings. The van der Waals surface area contributed by atoms with Crippen LogP contribution in [0.5, 0.6) is 0 Å². The van der Waals surface area contributed by atoms with Crippen LogP contribution in [-0.4, -0.2) is 64.5 Å². The molecule has 1 aromatic heterocycles. The number of halogens is 4. The van der Waals surface area contributed by atoms with Crippen molar-refractivity contribution in [1.82, 2.24) is 14.9 Å². The lowest BCUT2D eigenvalue weighted by molar-refractivity contribution is -0.152. The first-order chi connectivity index (χ1) is 16.6. The average molecular weight is 601 g/mol. The van der Waals surface area contributed by atoms with Crippen LogP contribution in [0.1, 0.15) is 46.4 Å². The number of fused-ring (bicyclic) bond motifs is 1. The number of ether oxygens (including phenoxy) is 1. The number of rotatable bonds is 14. The maximum absolute atomic E-state index is 12.7. The zero-order valence-electron chi connectivity index (χ0n) is 22.2. The Morgan fingerprint density at radius 1 is 1.14 bits per heavy atom. The fourth-order valence-electron chi connectivity index (χ4n) is 3.93. The van der Waals surface area contributed by atoms with Gasteiger partial charge in [0.15, 0.2) is 0 Å². The van der Waals surface area contributed by atoms with E-state index in [1.165, 1.54) is 0 Å². The molecule has 1 amide bonds. The van der Waals surface area contributed by atoms with E-state index in [0.29, 0.717) is 44.1 Å². The first kappa shape index (κ1) is 35.5. The fraction of sp³-hybridized carbons (Fsp3) is 0.640. The first-order valence-corrected chi connectivity index (χ1v) is 13.2. The summed E-state index contributed by atoms with van der Waals surface area (Å²) in [4.78, 5) is 32.1. The number of amides is 1. The molecule has 0 bridgehead atoms. The standard InChI is InChI=1S/C25H39Cl2N5O3.2ClH/c1-16(2)14-21(25(34)35-17(3)4)30-24(33)19(28)7-9-23-29-20-15-18(6-8-22(20)31(23)5)32(12-10-26)13-11-27;;/h6,8,15-17,19,21H,7,9-14,28H2,1-5H3,(H,30,33);2*1H/t19-,21-;;/m0../s1. The summed E-state index contributed by atoms with van der Waals surface area (Å²) in [6.07, 6.45) is 1.15. The minimum absolute atomic E-state index is 0. The lowest BCUT2D eigenvalue weighted by Crippen LogP contribution is -2.49. The topological polar surface area (TPSA) is 102 Å². The van der Waals surface area contributed by atoms with Crippen LogP contribution in [-0.2, 0) is 27.8 Å². The Labute approximate surface area is 242 Å². The van der Waals surface area contributed by atoms with E-state index in [4.69, 9.17) is 38.7 Å². The van der Waals surface area contributed by atoms with Crippen molar-refractivity contribution < 1.29 is 14.3 Å². The van der Waals surface area contributed by atoms with E-state index in [1.54, 1.807) is 13.8 Å². The van der Waals surface area contributed by atoms with E-state index in [0.717, 1.165) is 22.5 Å². The van der Waals surface area contributed by atoms with Crippen molar-refractivity contribution in [3.63, 3.8) is 0 Å². The lowest BCUT2D eigenvalue weighted by Gasteiger charge is -2.22. The number of anilines is 1. The smallest absolute Gasteiger partial charge is 0.328 e. The minimum Gasteiger partial charge on any atom is -0.461 e. The number of benzene rings is 1. The molecular formula is C25H41Cl4N5O3. The highest BCUT2D eigenvalue weighted by atomic mass is 35.5. The van der Waals surface area contributed by atoms with Gasteiger partial charge in [0, 0.05) is 44.0 Å². The maximum atomic E-state index is 12.7. The molecule has 2 atom stereocenters. The number of esters is 1. The first-order valence-electron chi connectivity index (χ1n) is 12.2. The van der Waals surface area contributed by atoms with Crippen molar-refractivity contribution in [2.75, 3.05) is 29.7 Å². The van der Waals surface area contributed by atoms with E-state index in [2.05, 4.69) is 10.2 Å². The molecule has 3 N–H and O–H groups in total. The van der Waals surface area contributed by atoms with Gasteiger partial charge in [-0.05, 0) is 50.8 Å². The molecule has 1 heterocycles. The number of aromatic nitrogens is 2. The Balaban J connectivity index is 0.00000648. The lowest BCUT2D eigenvalue weighted by atomic mass is 10.0. The molecule has 1 aromatic carbocycles. The highest BCUT2D eigenvalue weighted by Crippen LogP contribution is 2.23. The molecule has 37 heavy (non-hydrogen) atoms. The molecule has 212 valence electrons. The predicted octanol–water partition coefficient (Wildman–Crippen LogP) is 4.44. The number of alkyl halides is 2. The summed E-state index contributed by atoms with van der Waals surface area (Å²) in [7, 11) is 1.95. The van der Waals surface area contributed by atoms with Crippen LogP contribution in [0.4, 0.5) is 5.69 Å². The molecule has 0 aliphatic carbocycles. The molecule has 0 saturated carbocycles. The van der Waals surface area contributed by atoms with Gasteiger partial charge in [-0.25, -0.2) is 9.78 Å². The summed E-state index contributed by atoms with van der Waals surface area (Å²) >= 11 is 11.9.